The molecule has 2 N–H and O–H groups in total. The standard InChI is InChI=1S/C22H28N4O3S/c1-30(28,29)19-6-4-15(5-7-19)25-16-2-3-17(25)10-14(9-16)21(24)22(27)26-18(12-23)8-13-11-20(13)26/h4-7,13-14,16-18,20-21H,2-3,8-11,24H2,1H3/t13?,14?,16-,17?,18?,20?,21-/m0/s1. The number of carbonyl (C=O) groups is 1. The third-order valence-electron chi connectivity index (χ3n) is 7.63. The average Bonchev–Trinajstić information content (AvgIpc) is 3.31. The molecule has 30 heavy (non-hydrogen) atoms. The van der Waals surface area contributed by atoms with Crippen LogP contribution in [0.2, 0.25) is 0 Å². The van der Waals surface area contributed by atoms with Crippen LogP contribution >= 0.6 is 0 Å². The summed E-state index contributed by atoms with van der Waals surface area (Å²) >= 11 is 0. The normalized spacial score (nSPS) is 35.6. The van der Waals surface area contributed by atoms with Crippen molar-refractivity contribution in [3.8, 4) is 6.07 Å². The fourth-order valence-electron chi connectivity index (χ4n) is 6.06. The van der Waals surface area contributed by atoms with Crippen molar-refractivity contribution in [1.29, 1.82) is 5.26 Å². The third kappa shape index (κ3) is 3.19. The fraction of sp³-hybridized carbons (Fsp3) is 0.636. The fourth-order valence-corrected chi connectivity index (χ4v) is 6.69. The summed E-state index contributed by atoms with van der Waals surface area (Å²) in [6.45, 7) is 0. The molecule has 7 nitrogen and oxygen atoms in total. The van der Waals surface area contributed by atoms with Crippen LogP contribution in [0.25, 0.3) is 0 Å². The lowest BCUT2D eigenvalue weighted by Gasteiger charge is -2.42. The van der Waals surface area contributed by atoms with E-state index in [9.17, 15) is 18.5 Å². The second-order valence-corrected chi connectivity index (χ2v) is 11.5. The zero-order valence-corrected chi connectivity index (χ0v) is 18.0. The Morgan fingerprint density at radius 2 is 1.77 bits per heavy atom. The number of likely N-dealkylation sites (tertiary alicyclic amines) is 1. The van der Waals surface area contributed by atoms with E-state index in [4.69, 9.17) is 5.73 Å². The number of amides is 1. The Kier molecular flexibility index (Phi) is 4.60. The van der Waals surface area contributed by atoms with E-state index in [-0.39, 0.29) is 23.9 Å². The second kappa shape index (κ2) is 6.96. The lowest BCUT2D eigenvalue weighted by molar-refractivity contribution is -0.135. The van der Waals surface area contributed by atoms with Gasteiger partial charge >= 0.3 is 0 Å². The molecule has 1 aromatic rings. The molecule has 1 amide bonds. The Bertz CT molecular complexity index is 988. The number of hydrogen-bond donors (Lipinski definition) is 1. The largest absolute Gasteiger partial charge is 0.366 e. The highest BCUT2D eigenvalue weighted by molar-refractivity contribution is 7.90. The molecule has 0 aromatic heterocycles. The van der Waals surface area contributed by atoms with Gasteiger partial charge in [0.15, 0.2) is 9.84 Å². The first-order valence-electron chi connectivity index (χ1n) is 10.8. The Hall–Kier alpha value is -2.11. The van der Waals surface area contributed by atoms with Gasteiger partial charge in [0.2, 0.25) is 5.91 Å². The van der Waals surface area contributed by atoms with Crippen LogP contribution in [0.1, 0.15) is 38.5 Å². The Morgan fingerprint density at radius 3 is 2.33 bits per heavy atom. The number of piperidine rings is 2. The summed E-state index contributed by atoms with van der Waals surface area (Å²) in [7, 11) is -3.21. The van der Waals surface area contributed by atoms with Crippen molar-refractivity contribution in [2.75, 3.05) is 11.2 Å². The van der Waals surface area contributed by atoms with Gasteiger partial charge in [0, 0.05) is 30.1 Å². The topological polar surface area (TPSA) is 108 Å². The lowest BCUT2D eigenvalue weighted by atomic mass is 9.84. The van der Waals surface area contributed by atoms with E-state index in [1.807, 2.05) is 12.1 Å². The van der Waals surface area contributed by atoms with E-state index >= 15 is 0 Å². The van der Waals surface area contributed by atoms with Crippen molar-refractivity contribution < 1.29 is 13.2 Å². The molecule has 3 saturated heterocycles. The van der Waals surface area contributed by atoms with Crippen LogP contribution in [-0.2, 0) is 14.6 Å². The number of benzene rings is 1. The van der Waals surface area contributed by atoms with Gasteiger partial charge in [-0.15, -0.1) is 0 Å². The zero-order valence-electron chi connectivity index (χ0n) is 17.1. The van der Waals surface area contributed by atoms with Crippen LogP contribution in [0.3, 0.4) is 0 Å². The van der Waals surface area contributed by atoms with Gasteiger partial charge in [-0.3, -0.25) is 4.79 Å². The molecule has 4 aliphatic rings. The number of hydrogen-bond acceptors (Lipinski definition) is 6. The first-order chi connectivity index (χ1) is 14.3. The quantitative estimate of drug-likeness (QED) is 0.782. The van der Waals surface area contributed by atoms with Crippen LogP contribution in [0, 0.1) is 23.2 Å². The summed E-state index contributed by atoms with van der Waals surface area (Å²) in [4.78, 5) is 17.7. The van der Waals surface area contributed by atoms with Crippen molar-refractivity contribution in [2.45, 2.75) is 73.6 Å². The number of carbonyl (C=O) groups excluding carboxylic acids is 1. The number of sulfone groups is 1. The second-order valence-electron chi connectivity index (χ2n) is 9.50. The van der Waals surface area contributed by atoms with Gasteiger partial charge in [0.25, 0.3) is 0 Å². The Labute approximate surface area is 177 Å². The maximum Gasteiger partial charge on any atom is 0.241 e. The highest BCUT2D eigenvalue weighted by Gasteiger charge is 2.55. The Balaban J connectivity index is 1.29. The van der Waals surface area contributed by atoms with Gasteiger partial charge in [0.05, 0.1) is 17.0 Å². The minimum atomic E-state index is -3.21. The van der Waals surface area contributed by atoms with Gasteiger partial charge in [-0.2, -0.15) is 5.26 Å². The molecule has 1 saturated carbocycles. The summed E-state index contributed by atoms with van der Waals surface area (Å²) in [5.41, 5.74) is 7.53. The first kappa shape index (κ1) is 19.8. The molecular formula is C22H28N4O3S. The molecule has 5 rings (SSSR count). The van der Waals surface area contributed by atoms with Crippen LogP contribution in [0.5, 0.6) is 0 Å². The van der Waals surface area contributed by atoms with Crippen molar-refractivity contribution in [3.63, 3.8) is 0 Å². The third-order valence-corrected chi connectivity index (χ3v) is 8.76. The zero-order chi connectivity index (χ0) is 21.2. The smallest absolute Gasteiger partial charge is 0.241 e. The van der Waals surface area contributed by atoms with E-state index in [2.05, 4.69) is 11.0 Å². The molecule has 4 fully saturated rings. The van der Waals surface area contributed by atoms with Gasteiger partial charge < -0.3 is 15.5 Å². The molecule has 2 bridgehead atoms. The molecular weight excluding hydrogens is 400 g/mol. The minimum absolute atomic E-state index is 0.0399. The SMILES string of the molecule is CS(=O)(=O)c1ccc(N2C3CC[C@H]2CC([C@H](N)C(=O)N2C(C#N)CC4CC42)C3)cc1. The monoisotopic (exact) mass is 428 g/mol. The molecule has 7 atom stereocenters. The lowest BCUT2D eigenvalue weighted by Crippen LogP contribution is -2.54. The molecule has 0 spiro atoms. The summed E-state index contributed by atoms with van der Waals surface area (Å²) < 4.78 is 23.5. The van der Waals surface area contributed by atoms with Gasteiger partial charge in [0.1, 0.15) is 6.04 Å². The summed E-state index contributed by atoms with van der Waals surface area (Å²) in [6, 6.07) is 9.43. The maximum atomic E-state index is 13.1. The molecule has 0 radical (unpaired) electrons. The summed E-state index contributed by atoms with van der Waals surface area (Å²) in [5, 5.41) is 9.41. The van der Waals surface area contributed by atoms with Crippen molar-refractivity contribution in [1.82, 2.24) is 4.90 Å². The molecule has 3 heterocycles. The van der Waals surface area contributed by atoms with Crippen LogP contribution in [0.4, 0.5) is 5.69 Å². The van der Waals surface area contributed by atoms with E-state index in [0.29, 0.717) is 22.9 Å². The van der Waals surface area contributed by atoms with Crippen LogP contribution in [0.15, 0.2) is 29.2 Å². The summed E-state index contributed by atoms with van der Waals surface area (Å²) in [6.07, 6.45) is 6.87. The highest BCUT2D eigenvalue weighted by atomic mass is 32.2. The number of fused-ring (bicyclic) bond motifs is 3. The van der Waals surface area contributed by atoms with E-state index in [0.717, 1.165) is 44.2 Å². The number of nitriles is 1. The highest BCUT2D eigenvalue weighted by Crippen LogP contribution is 2.49. The molecule has 3 aliphatic heterocycles. The van der Waals surface area contributed by atoms with Crippen molar-refractivity contribution >= 4 is 21.4 Å². The van der Waals surface area contributed by atoms with Gasteiger partial charge in [-0.25, -0.2) is 8.42 Å². The number of anilines is 1. The van der Waals surface area contributed by atoms with Gasteiger partial charge in [-0.05, 0) is 74.6 Å². The van der Waals surface area contributed by atoms with Gasteiger partial charge in [-0.1, -0.05) is 0 Å². The summed E-state index contributed by atoms with van der Waals surface area (Å²) in [5.74, 6) is 0.583. The van der Waals surface area contributed by atoms with Crippen molar-refractivity contribution in [3.05, 3.63) is 24.3 Å². The first-order valence-corrected chi connectivity index (χ1v) is 12.7. The number of nitrogens with zero attached hydrogens (tertiary/aromatic N) is 3. The molecule has 1 aromatic carbocycles. The van der Waals surface area contributed by atoms with E-state index in [1.54, 1.807) is 17.0 Å². The Morgan fingerprint density at radius 1 is 1.13 bits per heavy atom. The van der Waals surface area contributed by atoms with E-state index < -0.39 is 15.9 Å². The molecule has 8 heteroatoms. The molecule has 160 valence electrons. The molecule has 5 unspecified atom stereocenters. The molecule has 1 aliphatic carbocycles. The van der Waals surface area contributed by atoms with Crippen molar-refractivity contribution in [2.24, 2.45) is 17.6 Å². The average molecular weight is 429 g/mol. The van der Waals surface area contributed by atoms with Crippen LogP contribution < -0.4 is 10.6 Å². The minimum Gasteiger partial charge on any atom is -0.366 e. The number of nitrogens with two attached hydrogens (primary N) is 1. The van der Waals surface area contributed by atoms with E-state index in [1.165, 1.54) is 6.26 Å². The van der Waals surface area contributed by atoms with Crippen LogP contribution in [-0.4, -0.2) is 55.7 Å². The number of rotatable bonds is 4. The predicted octanol–water partition coefficient (Wildman–Crippen LogP) is 1.68. The predicted molar refractivity (Wildman–Crippen MR) is 112 cm³/mol. The maximum absolute atomic E-state index is 13.1.